The van der Waals surface area contributed by atoms with E-state index in [0.29, 0.717) is 18.7 Å². The average Bonchev–Trinajstić information content (AvgIpc) is 2.79. The zero-order valence-corrected chi connectivity index (χ0v) is 13.9. The Balaban J connectivity index is 2.15. The summed E-state index contributed by atoms with van der Waals surface area (Å²) in [4.78, 5) is 37.4. The molecule has 1 aliphatic rings. The maximum absolute atomic E-state index is 12.6. The van der Waals surface area contributed by atoms with E-state index in [1.165, 1.54) is 21.9 Å². The molecule has 0 aliphatic carbocycles. The lowest BCUT2D eigenvalue weighted by Crippen LogP contribution is -2.50. The molecule has 130 valence electrons. The predicted octanol–water partition coefficient (Wildman–Crippen LogP) is 2.33. The number of carboxylic acid groups (broad SMARTS) is 1. The third-order valence-corrected chi connectivity index (χ3v) is 3.99. The van der Waals surface area contributed by atoms with E-state index in [4.69, 9.17) is 0 Å². The molecule has 2 rings (SSSR count). The summed E-state index contributed by atoms with van der Waals surface area (Å²) in [5.41, 5.74) is 0.0133. The van der Waals surface area contributed by atoms with Gasteiger partial charge in [-0.25, -0.2) is 9.59 Å². The Labute approximate surface area is 139 Å². The summed E-state index contributed by atoms with van der Waals surface area (Å²) in [6.45, 7) is 6.27. The molecular weight excluding hydrogens is 314 g/mol. The number of amides is 2. The van der Waals surface area contributed by atoms with Gasteiger partial charge in [0.15, 0.2) is 0 Å². The number of hydrogen-bond donors (Lipinski definition) is 1. The smallest absolute Gasteiger partial charge is 0.327 e. The number of carbonyl (C=O) groups is 2. The number of nitrogens with zero attached hydrogens (tertiary/aromatic N) is 3. The van der Waals surface area contributed by atoms with Crippen LogP contribution >= 0.6 is 0 Å². The minimum absolute atomic E-state index is 0.0332. The molecule has 0 unspecified atom stereocenters. The first-order valence-corrected chi connectivity index (χ1v) is 7.63. The van der Waals surface area contributed by atoms with Crippen LogP contribution in [0.1, 0.15) is 26.3 Å². The number of carboxylic acids is 1. The Morgan fingerprint density at radius 1 is 1.38 bits per heavy atom. The lowest BCUT2D eigenvalue weighted by atomic mass is 9.86. The molecule has 1 N–H and O–H groups in total. The highest BCUT2D eigenvalue weighted by Crippen LogP contribution is 2.28. The van der Waals surface area contributed by atoms with E-state index in [1.54, 1.807) is 32.9 Å². The lowest BCUT2D eigenvalue weighted by Gasteiger charge is -2.34. The van der Waals surface area contributed by atoms with Crippen molar-refractivity contribution in [3.05, 3.63) is 39.9 Å². The fourth-order valence-electron chi connectivity index (χ4n) is 2.95. The highest BCUT2D eigenvalue weighted by atomic mass is 16.6. The van der Waals surface area contributed by atoms with Crippen molar-refractivity contribution in [3.63, 3.8) is 0 Å². The van der Waals surface area contributed by atoms with E-state index in [-0.39, 0.29) is 18.3 Å². The van der Waals surface area contributed by atoms with Gasteiger partial charge in [-0.15, -0.1) is 0 Å². The topological polar surface area (TPSA) is 104 Å². The van der Waals surface area contributed by atoms with E-state index in [2.05, 4.69) is 0 Å². The zero-order valence-electron chi connectivity index (χ0n) is 13.9. The molecule has 1 fully saturated rings. The Hall–Kier alpha value is -2.64. The van der Waals surface area contributed by atoms with E-state index in [9.17, 15) is 24.8 Å². The Kier molecular flexibility index (Phi) is 4.77. The van der Waals surface area contributed by atoms with Gasteiger partial charge in [-0.2, -0.15) is 0 Å². The molecule has 0 bridgehead atoms. The van der Waals surface area contributed by atoms with Crippen molar-refractivity contribution < 1.29 is 19.6 Å². The van der Waals surface area contributed by atoms with Gasteiger partial charge in [0.2, 0.25) is 0 Å². The maximum atomic E-state index is 12.6. The van der Waals surface area contributed by atoms with Crippen LogP contribution in [-0.2, 0) is 11.3 Å². The fourth-order valence-corrected chi connectivity index (χ4v) is 2.95. The minimum Gasteiger partial charge on any atom is -0.480 e. The number of nitro benzene ring substituents is 1. The maximum Gasteiger partial charge on any atom is 0.327 e. The molecule has 1 atom stereocenters. The summed E-state index contributed by atoms with van der Waals surface area (Å²) in [5.74, 6) is -1.03. The summed E-state index contributed by atoms with van der Waals surface area (Å²) in [6.07, 6.45) is 0. The summed E-state index contributed by atoms with van der Waals surface area (Å²) in [6, 6.07) is 4.82. The molecule has 2 amide bonds. The van der Waals surface area contributed by atoms with Gasteiger partial charge in [0.25, 0.3) is 5.69 Å². The second-order valence-corrected chi connectivity index (χ2v) is 6.93. The molecule has 0 radical (unpaired) electrons. The second-order valence-electron chi connectivity index (χ2n) is 6.93. The summed E-state index contributed by atoms with van der Waals surface area (Å²) >= 11 is 0. The Morgan fingerprint density at radius 2 is 2.04 bits per heavy atom. The number of urea groups is 1. The van der Waals surface area contributed by atoms with Gasteiger partial charge in [0.1, 0.15) is 6.04 Å². The SMILES string of the molecule is CC(C)(C)[C@@H](C(=O)O)N1CCN(Cc2cccc([N+](=O)[O-])c2)C1=O. The van der Waals surface area contributed by atoms with Gasteiger partial charge < -0.3 is 14.9 Å². The van der Waals surface area contributed by atoms with Crippen molar-refractivity contribution in [2.75, 3.05) is 13.1 Å². The quantitative estimate of drug-likeness (QED) is 0.657. The van der Waals surface area contributed by atoms with E-state index in [0.717, 1.165) is 0 Å². The van der Waals surface area contributed by atoms with Crippen molar-refractivity contribution in [3.8, 4) is 0 Å². The molecule has 1 aromatic carbocycles. The molecule has 1 heterocycles. The molecular formula is C16H21N3O5. The zero-order chi connectivity index (χ0) is 18.1. The number of non-ortho nitro benzene ring substituents is 1. The van der Waals surface area contributed by atoms with Crippen molar-refractivity contribution in [1.82, 2.24) is 9.80 Å². The molecule has 8 nitrogen and oxygen atoms in total. The van der Waals surface area contributed by atoms with Gasteiger partial charge in [0.05, 0.1) is 4.92 Å². The van der Waals surface area contributed by atoms with E-state index in [1.807, 2.05) is 0 Å². The Bertz CT molecular complexity index is 668. The van der Waals surface area contributed by atoms with Gasteiger partial charge in [-0.3, -0.25) is 10.1 Å². The van der Waals surface area contributed by atoms with Crippen LogP contribution in [0.25, 0.3) is 0 Å². The third kappa shape index (κ3) is 3.64. The number of aliphatic carboxylic acids is 1. The molecule has 0 spiro atoms. The number of carbonyl (C=O) groups excluding carboxylic acids is 1. The molecule has 1 aromatic rings. The van der Waals surface area contributed by atoms with Crippen LogP contribution < -0.4 is 0 Å². The third-order valence-electron chi connectivity index (χ3n) is 3.99. The van der Waals surface area contributed by atoms with Crippen molar-refractivity contribution in [2.24, 2.45) is 5.41 Å². The monoisotopic (exact) mass is 335 g/mol. The van der Waals surface area contributed by atoms with Crippen LogP contribution in [0.2, 0.25) is 0 Å². The van der Waals surface area contributed by atoms with Crippen LogP contribution in [0.3, 0.4) is 0 Å². The van der Waals surface area contributed by atoms with Crippen molar-refractivity contribution in [1.29, 1.82) is 0 Å². The number of benzene rings is 1. The van der Waals surface area contributed by atoms with E-state index < -0.39 is 22.3 Å². The summed E-state index contributed by atoms with van der Waals surface area (Å²) in [7, 11) is 0. The fraction of sp³-hybridized carbons (Fsp3) is 0.500. The molecule has 1 aliphatic heterocycles. The summed E-state index contributed by atoms with van der Waals surface area (Å²) in [5, 5.41) is 20.3. The predicted molar refractivity (Wildman–Crippen MR) is 86.5 cm³/mol. The first-order valence-electron chi connectivity index (χ1n) is 7.63. The number of nitro groups is 1. The molecule has 0 aromatic heterocycles. The highest BCUT2D eigenvalue weighted by molar-refractivity contribution is 5.84. The molecule has 0 saturated carbocycles. The molecule has 24 heavy (non-hydrogen) atoms. The molecule has 8 heteroatoms. The van der Waals surface area contributed by atoms with Crippen LogP contribution in [0.4, 0.5) is 10.5 Å². The highest BCUT2D eigenvalue weighted by Gasteiger charge is 2.43. The normalized spacial score (nSPS) is 16.4. The van der Waals surface area contributed by atoms with Crippen molar-refractivity contribution >= 4 is 17.7 Å². The van der Waals surface area contributed by atoms with Gasteiger partial charge >= 0.3 is 12.0 Å². The van der Waals surface area contributed by atoms with Crippen LogP contribution in [-0.4, -0.2) is 51.0 Å². The first kappa shape index (κ1) is 17.7. The van der Waals surface area contributed by atoms with Gasteiger partial charge in [0, 0.05) is 31.8 Å². The van der Waals surface area contributed by atoms with Gasteiger partial charge in [-0.1, -0.05) is 32.9 Å². The van der Waals surface area contributed by atoms with Gasteiger partial charge in [-0.05, 0) is 11.0 Å². The first-order chi connectivity index (χ1) is 11.1. The van der Waals surface area contributed by atoms with E-state index >= 15 is 0 Å². The summed E-state index contributed by atoms with van der Waals surface area (Å²) < 4.78 is 0. The minimum atomic E-state index is -1.03. The largest absolute Gasteiger partial charge is 0.480 e. The van der Waals surface area contributed by atoms with Crippen LogP contribution in [0.15, 0.2) is 24.3 Å². The second kappa shape index (κ2) is 6.46. The standard InChI is InChI=1S/C16H21N3O5/c1-16(2,3)13(14(20)21)18-8-7-17(15(18)22)10-11-5-4-6-12(9-11)19(23)24/h4-6,9,13H,7-8,10H2,1-3H3,(H,20,21)/t13-/m1/s1. The van der Waals surface area contributed by atoms with Crippen molar-refractivity contribution in [2.45, 2.75) is 33.4 Å². The Morgan fingerprint density at radius 3 is 2.58 bits per heavy atom. The average molecular weight is 335 g/mol. The van der Waals surface area contributed by atoms with Crippen LogP contribution in [0, 0.1) is 15.5 Å². The van der Waals surface area contributed by atoms with Crippen LogP contribution in [0.5, 0.6) is 0 Å². The lowest BCUT2D eigenvalue weighted by molar-refractivity contribution is -0.384. The number of hydrogen-bond acceptors (Lipinski definition) is 4. The number of rotatable bonds is 5. The molecule has 1 saturated heterocycles.